The van der Waals surface area contributed by atoms with E-state index in [-0.39, 0.29) is 5.56 Å². The topological polar surface area (TPSA) is 0 Å². The summed E-state index contributed by atoms with van der Waals surface area (Å²) < 4.78 is 26.4. The Labute approximate surface area is 99.9 Å². The van der Waals surface area contributed by atoms with E-state index in [1.54, 1.807) is 12.1 Å². The first-order chi connectivity index (χ1) is 8.13. The number of benzene rings is 2. The minimum absolute atomic E-state index is 0.138. The molecule has 0 saturated carbocycles. The average molecular weight is 232 g/mol. The Morgan fingerprint density at radius 2 is 1.76 bits per heavy atom. The van der Waals surface area contributed by atoms with Crippen LogP contribution in [0.15, 0.2) is 36.4 Å². The van der Waals surface area contributed by atoms with Crippen molar-refractivity contribution in [2.75, 3.05) is 0 Å². The van der Waals surface area contributed by atoms with Gasteiger partial charge in [0.15, 0.2) is 0 Å². The van der Waals surface area contributed by atoms with Crippen molar-refractivity contribution in [2.24, 2.45) is 0 Å². The molecular weight excluding hydrogens is 218 g/mol. The Morgan fingerprint density at radius 1 is 1.00 bits per heavy atom. The van der Waals surface area contributed by atoms with E-state index >= 15 is 0 Å². The van der Waals surface area contributed by atoms with Gasteiger partial charge in [0.05, 0.1) is 0 Å². The van der Waals surface area contributed by atoms with Crippen molar-refractivity contribution < 1.29 is 8.78 Å². The van der Waals surface area contributed by atoms with E-state index < -0.39 is 12.5 Å². The molecule has 0 fully saturated rings. The molecule has 0 aliphatic carbocycles. The third kappa shape index (κ3) is 2.21. The van der Waals surface area contributed by atoms with Crippen LogP contribution in [0.25, 0.3) is 11.1 Å². The van der Waals surface area contributed by atoms with E-state index in [2.05, 4.69) is 0 Å². The van der Waals surface area contributed by atoms with Gasteiger partial charge in [-0.05, 0) is 36.6 Å². The molecule has 0 nitrogen and oxygen atoms in total. The van der Waals surface area contributed by atoms with Gasteiger partial charge in [0.25, 0.3) is 0 Å². The summed E-state index contributed by atoms with van der Waals surface area (Å²) in [6, 6.07) is 10.6. The van der Waals surface area contributed by atoms with Crippen LogP contribution in [0.5, 0.6) is 0 Å². The number of hydrogen-bond donors (Lipinski definition) is 0. The molecule has 0 heterocycles. The fraction of sp³-hybridized carbons (Fsp3) is 0.200. The van der Waals surface area contributed by atoms with Crippen LogP contribution in [0, 0.1) is 19.7 Å². The maximum Gasteiger partial charge on any atom is 0.129 e. The maximum atomic E-state index is 13.5. The maximum absolute atomic E-state index is 13.5. The second-order valence-electron chi connectivity index (χ2n) is 4.22. The van der Waals surface area contributed by atoms with Crippen LogP contribution >= 0.6 is 0 Å². The second kappa shape index (κ2) is 4.66. The van der Waals surface area contributed by atoms with Crippen molar-refractivity contribution in [2.45, 2.75) is 20.5 Å². The van der Waals surface area contributed by atoms with Crippen LogP contribution in [0.4, 0.5) is 8.78 Å². The third-order valence-corrected chi connectivity index (χ3v) is 2.92. The molecule has 0 saturated heterocycles. The van der Waals surface area contributed by atoms with Crippen LogP contribution < -0.4 is 0 Å². The van der Waals surface area contributed by atoms with E-state index in [9.17, 15) is 8.78 Å². The minimum atomic E-state index is -0.782. The molecule has 2 heteroatoms. The number of rotatable bonds is 2. The number of alkyl halides is 1. The molecule has 0 radical (unpaired) electrons. The molecule has 2 aromatic rings. The third-order valence-electron chi connectivity index (χ3n) is 2.92. The van der Waals surface area contributed by atoms with E-state index in [1.165, 1.54) is 6.07 Å². The lowest BCUT2D eigenvalue weighted by Gasteiger charge is -2.11. The predicted molar refractivity (Wildman–Crippen MR) is 66.1 cm³/mol. The molecule has 88 valence electrons. The highest BCUT2D eigenvalue weighted by Crippen LogP contribution is 2.29. The summed E-state index contributed by atoms with van der Waals surface area (Å²) in [6.07, 6.45) is 0. The van der Waals surface area contributed by atoms with Crippen LogP contribution in [-0.4, -0.2) is 0 Å². The van der Waals surface area contributed by atoms with Gasteiger partial charge in [-0.2, -0.15) is 0 Å². The fourth-order valence-corrected chi connectivity index (χ4v) is 2.06. The van der Waals surface area contributed by atoms with Gasteiger partial charge < -0.3 is 0 Å². The van der Waals surface area contributed by atoms with Crippen LogP contribution in [0.2, 0.25) is 0 Å². The highest BCUT2D eigenvalue weighted by Gasteiger charge is 2.11. The standard InChI is InChI=1S/C15H14F2/c1-10-6-7-12(11(2)8-10)13-4-3-5-15(17)14(13)9-16/h3-8H,9H2,1-2H3. The zero-order valence-electron chi connectivity index (χ0n) is 9.93. The molecule has 2 rings (SSSR count). The van der Waals surface area contributed by atoms with Gasteiger partial charge in [0.2, 0.25) is 0 Å². The SMILES string of the molecule is Cc1ccc(-c2cccc(F)c2CF)c(C)c1. The molecule has 0 unspecified atom stereocenters. The molecular formula is C15H14F2. The average Bonchev–Trinajstić information content (AvgIpc) is 2.29. The van der Waals surface area contributed by atoms with Crippen molar-refractivity contribution in [3.05, 3.63) is 58.9 Å². The van der Waals surface area contributed by atoms with Crippen molar-refractivity contribution in [1.29, 1.82) is 0 Å². The zero-order chi connectivity index (χ0) is 12.4. The normalized spacial score (nSPS) is 10.6. The summed E-state index contributed by atoms with van der Waals surface area (Å²) in [5, 5.41) is 0. The van der Waals surface area contributed by atoms with Crippen molar-refractivity contribution in [1.82, 2.24) is 0 Å². The van der Waals surface area contributed by atoms with Crippen molar-refractivity contribution >= 4 is 0 Å². The van der Waals surface area contributed by atoms with Gasteiger partial charge in [0, 0.05) is 5.56 Å². The van der Waals surface area contributed by atoms with Gasteiger partial charge in [-0.1, -0.05) is 35.9 Å². The lowest BCUT2D eigenvalue weighted by atomic mass is 9.95. The largest absolute Gasteiger partial charge is 0.246 e. The number of aryl methyl sites for hydroxylation is 2. The van der Waals surface area contributed by atoms with Crippen LogP contribution in [0.1, 0.15) is 16.7 Å². The van der Waals surface area contributed by atoms with Gasteiger partial charge >= 0.3 is 0 Å². The van der Waals surface area contributed by atoms with Gasteiger partial charge in [-0.15, -0.1) is 0 Å². The molecule has 0 spiro atoms. The first-order valence-corrected chi connectivity index (χ1v) is 5.54. The van der Waals surface area contributed by atoms with Gasteiger partial charge in [-0.25, -0.2) is 8.78 Å². The minimum Gasteiger partial charge on any atom is -0.246 e. The summed E-state index contributed by atoms with van der Waals surface area (Å²) in [5.74, 6) is -0.482. The molecule has 0 atom stereocenters. The molecule has 0 amide bonds. The zero-order valence-corrected chi connectivity index (χ0v) is 9.93. The summed E-state index contributed by atoms with van der Waals surface area (Å²) >= 11 is 0. The Hall–Kier alpha value is -1.70. The smallest absolute Gasteiger partial charge is 0.129 e. The van der Waals surface area contributed by atoms with Gasteiger partial charge in [-0.3, -0.25) is 0 Å². The lowest BCUT2D eigenvalue weighted by molar-refractivity contribution is 0.465. The number of halogens is 2. The predicted octanol–water partition coefficient (Wildman–Crippen LogP) is 4.58. The first kappa shape index (κ1) is 11.8. The highest BCUT2D eigenvalue weighted by atomic mass is 19.1. The van der Waals surface area contributed by atoms with Crippen molar-refractivity contribution in [3.63, 3.8) is 0 Å². The fourth-order valence-electron chi connectivity index (χ4n) is 2.06. The Balaban J connectivity index is 2.64. The number of hydrogen-bond acceptors (Lipinski definition) is 0. The summed E-state index contributed by atoms with van der Waals surface area (Å²) in [7, 11) is 0. The molecule has 0 aliphatic rings. The van der Waals surface area contributed by atoms with E-state index in [1.807, 2.05) is 32.0 Å². The molecule has 17 heavy (non-hydrogen) atoms. The van der Waals surface area contributed by atoms with Crippen LogP contribution in [0.3, 0.4) is 0 Å². The van der Waals surface area contributed by atoms with Gasteiger partial charge in [0.1, 0.15) is 12.5 Å². The quantitative estimate of drug-likeness (QED) is 0.711. The summed E-state index contributed by atoms with van der Waals surface area (Å²) in [6.45, 7) is 3.17. The Morgan fingerprint density at radius 3 is 2.41 bits per heavy atom. The highest BCUT2D eigenvalue weighted by molar-refractivity contribution is 5.71. The second-order valence-corrected chi connectivity index (χ2v) is 4.22. The molecule has 0 N–H and O–H groups in total. The molecule has 0 aromatic heterocycles. The molecule has 0 bridgehead atoms. The molecule has 0 aliphatic heterocycles. The van der Waals surface area contributed by atoms with E-state index in [0.29, 0.717) is 5.56 Å². The summed E-state index contributed by atoms with van der Waals surface area (Å²) in [4.78, 5) is 0. The van der Waals surface area contributed by atoms with Crippen molar-refractivity contribution in [3.8, 4) is 11.1 Å². The Bertz CT molecular complexity index is 545. The lowest BCUT2D eigenvalue weighted by Crippen LogP contribution is -1.94. The first-order valence-electron chi connectivity index (χ1n) is 5.54. The van der Waals surface area contributed by atoms with E-state index in [0.717, 1.165) is 16.7 Å². The monoisotopic (exact) mass is 232 g/mol. The Kier molecular flexibility index (Phi) is 3.23. The van der Waals surface area contributed by atoms with Crippen LogP contribution in [-0.2, 0) is 6.67 Å². The molecule has 2 aromatic carbocycles. The summed E-state index contributed by atoms with van der Waals surface area (Å²) in [5.41, 5.74) is 3.85. The van der Waals surface area contributed by atoms with E-state index in [4.69, 9.17) is 0 Å².